The van der Waals surface area contributed by atoms with E-state index in [2.05, 4.69) is 33.0 Å². The van der Waals surface area contributed by atoms with Crippen LogP contribution in [0.3, 0.4) is 0 Å². The van der Waals surface area contributed by atoms with Crippen molar-refractivity contribution in [3.63, 3.8) is 0 Å². The Morgan fingerprint density at radius 3 is 2.60 bits per heavy atom. The van der Waals surface area contributed by atoms with Gasteiger partial charge >= 0.3 is 0 Å². The van der Waals surface area contributed by atoms with Crippen molar-refractivity contribution in [3.8, 4) is 6.07 Å². The topological polar surface area (TPSA) is 27.0 Å². The molecule has 0 aromatic heterocycles. The lowest BCUT2D eigenvalue weighted by molar-refractivity contribution is 0.285. The third-order valence-corrected chi connectivity index (χ3v) is 3.14. The van der Waals surface area contributed by atoms with Gasteiger partial charge in [0.2, 0.25) is 0 Å². The fourth-order valence-electron chi connectivity index (χ4n) is 1.64. The molecule has 0 saturated carbocycles. The van der Waals surface area contributed by atoms with Gasteiger partial charge in [-0.2, -0.15) is 5.26 Å². The van der Waals surface area contributed by atoms with Gasteiger partial charge in [-0.3, -0.25) is 0 Å². The molecule has 0 N–H and O–H groups in total. The molecule has 1 aromatic rings. The maximum absolute atomic E-state index is 8.63. The first-order chi connectivity index (χ1) is 7.16. The fourth-order valence-corrected chi connectivity index (χ4v) is 2.19. The molecule has 0 saturated heterocycles. The SMILES string of the molecule is CN(C)C(CCC#N)c1ccccc1Br. The predicted octanol–water partition coefficient (Wildman–Crippen LogP) is 3.36. The van der Waals surface area contributed by atoms with Crippen LogP contribution in [0.1, 0.15) is 24.4 Å². The van der Waals surface area contributed by atoms with E-state index < -0.39 is 0 Å². The van der Waals surface area contributed by atoms with Gasteiger partial charge in [0, 0.05) is 16.9 Å². The Balaban J connectivity index is 2.90. The Labute approximate surface area is 99.6 Å². The second kappa shape index (κ2) is 5.89. The first-order valence-electron chi connectivity index (χ1n) is 4.94. The summed E-state index contributed by atoms with van der Waals surface area (Å²) in [7, 11) is 4.09. The Hall–Kier alpha value is -0.850. The molecule has 1 atom stereocenters. The fraction of sp³-hybridized carbons (Fsp3) is 0.417. The van der Waals surface area contributed by atoms with Gasteiger partial charge in [-0.15, -0.1) is 0 Å². The maximum Gasteiger partial charge on any atom is 0.0622 e. The molecule has 2 nitrogen and oxygen atoms in total. The molecule has 80 valence electrons. The van der Waals surface area contributed by atoms with E-state index in [1.165, 1.54) is 5.56 Å². The Morgan fingerprint density at radius 1 is 1.40 bits per heavy atom. The molecular formula is C12H15BrN2. The highest BCUT2D eigenvalue weighted by molar-refractivity contribution is 9.10. The predicted molar refractivity (Wildman–Crippen MR) is 65.4 cm³/mol. The summed E-state index contributed by atoms with van der Waals surface area (Å²) < 4.78 is 1.11. The molecule has 1 rings (SSSR count). The average Bonchev–Trinajstić information content (AvgIpc) is 2.20. The van der Waals surface area contributed by atoms with Crippen LogP contribution in [0.5, 0.6) is 0 Å². The molecule has 15 heavy (non-hydrogen) atoms. The Kier molecular flexibility index (Phi) is 4.80. The number of hydrogen-bond acceptors (Lipinski definition) is 2. The second-order valence-corrected chi connectivity index (χ2v) is 4.55. The smallest absolute Gasteiger partial charge is 0.0622 e. The number of rotatable bonds is 4. The standard InChI is InChI=1S/C12H15BrN2/c1-15(2)12(8-5-9-14)10-6-3-4-7-11(10)13/h3-4,6-7,12H,5,8H2,1-2H3. The Morgan fingerprint density at radius 2 is 2.07 bits per heavy atom. The van der Waals surface area contributed by atoms with Gasteiger partial charge in [-0.1, -0.05) is 34.1 Å². The summed E-state index contributed by atoms with van der Waals surface area (Å²) in [6.45, 7) is 0. The highest BCUT2D eigenvalue weighted by Crippen LogP contribution is 2.29. The van der Waals surface area contributed by atoms with Gasteiger partial charge in [0.25, 0.3) is 0 Å². The van der Waals surface area contributed by atoms with Crippen LogP contribution < -0.4 is 0 Å². The van der Waals surface area contributed by atoms with Crippen LogP contribution in [0.2, 0.25) is 0 Å². The van der Waals surface area contributed by atoms with E-state index >= 15 is 0 Å². The molecule has 1 unspecified atom stereocenters. The minimum atomic E-state index is 0.306. The lowest BCUT2D eigenvalue weighted by atomic mass is 10.0. The van der Waals surface area contributed by atoms with Crippen LogP contribution in [0, 0.1) is 11.3 Å². The van der Waals surface area contributed by atoms with Crippen molar-refractivity contribution in [3.05, 3.63) is 34.3 Å². The van der Waals surface area contributed by atoms with Crippen molar-refractivity contribution in [2.45, 2.75) is 18.9 Å². The maximum atomic E-state index is 8.63. The number of hydrogen-bond donors (Lipinski definition) is 0. The summed E-state index contributed by atoms with van der Waals surface area (Å²) in [5.74, 6) is 0. The minimum absolute atomic E-state index is 0.306. The summed E-state index contributed by atoms with van der Waals surface area (Å²) in [6, 6.07) is 10.7. The van der Waals surface area contributed by atoms with Gasteiger partial charge < -0.3 is 4.90 Å². The third-order valence-electron chi connectivity index (χ3n) is 2.42. The van der Waals surface area contributed by atoms with Crippen LogP contribution in [0.4, 0.5) is 0 Å². The van der Waals surface area contributed by atoms with E-state index in [0.29, 0.717) is 12.5 Å². The number of halogens is 1. The van der Waals surface area contributed by atoms with Crippen LogP contribution in [0.15, 0.2) is 28.7 Å². The Bertz CT molecular complexity index is 355. The first kappa shape index (κ1) is 12.2. The van der Waals surface area contributed by atoms with Crippen LogP contribution in [-0.4, -0.2) is 19.0 Å². The van der Waals surface area contributed by atoms with Crippen LogP contribution in [-0.2, 0) is 0 Å². The molecule has 0 heterocycles. The van der Waals surface area contributed by atoms with Crippen LogP contribution >= 0.6 is 15.9 Å². The van der Waals surface area contributed by atoms with E-state index in [9.17, 15) is 0 Å². The van der Waals surface area contributed by atoms with Gasteiger partial charge in [-0.05, 0) is 32.1 Å². The molecule has 0 bridgehead atoms. The number of nitrogens with zero attached hydrogens (tertiary/aromatic N) is 2. The highest BCUT2D eigenvalue weighted by atomic mass is 79.9. The summed E-state index contributed by atoms with van der Waals surface area (Å²) >= 11 is 3.55. The van der Waals surface area contributed by atoms with Gasteiger partial charge in [0.1, 0.15) is 0 Å². The normalized spacial score (nSPS) is 12.5. The second-order valence-electron chi connectivity index (χ2n) is 3.70. The summed E-state index contributed by atoms with van der Waals surface area (Å²) in [5.41, 5.74) is 1.25. The highest BCUT2D eigenvalue weighted by Gasteiger charge is 2.15. The average molecular weight is 267 g/mol. The third kappa shape index (κ3) is 3.33. The molecule has 0 spiro atoms. The molecule has 1 aromatic carbocycles. The molecule has 0 radical (unpaired) electrons. The molecule has 0 amide bonds. The monoisotopic (exact) mass is 266 g/mol. The van der Waals surface area contributed by atoms with Crippen molar-refractivity contribution in [2.24, 2.45) is 0 Å². The molecule has 0 fully saturated rings. The zero-order valence-corrected chi connectivity index (χ0v) is 10.7. The summed E-state index contributed by atoms with van der Waals surface area (Å²) in [5, 5.41) is 8.63. The molecule has 3 heteroatoms. The molecule has 0 aliphatic rings. The zero-order chi connectivity index (χ0) is 11.3. The van der Waals surface area contributed by atoms with Gasteiger partial charge in [-0.25, -0.2) is 0 Å². The lowest BCUT2D eigenvalue weighted by Crippen LogP contribution is -2.20. The summed E-state index contributed by atoms with van der Waals surface area (Å²) in [4.78, 5) is 2.15. The van der Waals surface area contributed by atoms with Crippen molar-refractivity contribution < 1.29 is 0 Å². The summed E-state index contributed by atoms with van der Waals surface area (Å²) in [6.07, 6.45) is 1.45. The lowest BCUT2D eigenvalue weighted by Gasteiger charge is -2.24. The largest absolute Gasteiger partial charge is 0.302 e. The van der Waals surface area contributed by atoms with Crippen molar-refractivity contribution >= 4 is 15.9 Å². The van der Waals surface area contributed by atoms with E-state index in [0.717, 1.165) is 10.9 Å². The quantitative estimate of drug-likeness (QED) is 0.836. The number of nitriles is 1. The van der Waals surface area contributed by atoms with E-state index in [4.69, 9.17) is 5.26 Å². The van der Waals surface area contributed by atoms with Crippen molar-refractivity contribution in [2.75, 3.05) is 14.1 Å². The zero-order valence-electron chi connectivity index (χ0n) is 9.07. The van der Waals surface area contributed by atoms with E-state index in [-0.39, 0.29) is 0 Å². The van der Waals surface area contributed by atoms with Gasteiger partial charge in [0.15, 0.2) is 0 Å². The molecule has 0 aliphatic heterocycles. The first-order valence-corrected chi connectivity index (χ1v) is 5.74. The van der Waals surface area contributed by atoms with Crippen molar-refractivity contribution in [1.29, 1.82) is 5.26 Å². The van der Waals surface area contributed by atoms with E-state index in [1.807, 2.05) is 32.3 Å². The minimum Gasteiger partial charge on any atom is -0.302 e. The molecular weight excluding hydrogens is 252 g/mol. The van der Waals surface area contributed by atoms with Crippen molar-refractivity contribution in [1.82, 2.24) is 4.90 Å². The molecule has 0 aliphatic carbocycles. The van der Waals surface area contributed by atoms with Crippen LogP contribution in [0.25, 0.3) is 0 Å². The van der Waals surface area contributed by atoms with E-state index in [1.54, 1.807) is 0 Å². The van der Waals surface area contributed by atoms with Gasteiger partial charge in [0.05, 0.1) is 6.07 Å². The number of benzene rings is 1.